The number of halogens is 3. The van der Waals surface area contributed by atoms with Gasteiger partial charge in [-0.2, -0.15) is 0 Å². The first kappa shape index (κ1) is 15.9. The zero-order valence-corrected chi connectivity index (χ0v) is 11.5. The zero-order chi connectivity index (χ0) is 12.0. The number of guanidine groups is 1. The lowest BCUT2D eigenvalue weighted by Crippen LogP contribution is -2.23. The fourth-order valence-electron chi connectivity index (χ4n) is 1.03. The molecule has 0 saturated carbocycles. The van der Waals surface area contributed by atoms with Crippen molar-refractivity contribution in [1.29, 1.82) is 0 Å². The van der Waals surface area contributed by atoms with Gasteiger partial charge in [-0.25, -0.2) is 13.8 Å². The van der Waals surface area contributed by atoms with Crippen molar-refractivity contribution in [1.82, 2.24) is 0 Å². The van der Waals surface area contributed by atoms with Crippen LogP contribution in [-0.2, 0) is 0 Å². The molecule has 0 amide bonds. The lowest BCUT2D eigenvalue weighted by molar-refractivity contribution is 0.158. The van der Waals surface area contributed by atoms with Crippen LogP contribution in [0.5, 0.6) is 5.75 Å². The Hall–Kier alpha value is -1.12. The molecule has 0 unspecified atom stereocenters. The molecule has 0 saturated heterocycles. The van der Waals surface area contributed by atoms with Crippen LogP contribution in [0.25, 0.3) is 0 Å². The summed E-state index contributed by atoms with van der Waals surface area (Å²) in [6.07, 6.45) is -2.49. The molecule has 0 aromatic heterocycles. The van der Waals surface area contributed by atoms with Crippen molar-refractivity contribution >= 4 is 35.6 Å². The number of rotatable bonds is 4. The van der Waals surface area contributed by atoms with Crippen molar-refractivity contribution in [3.8, 4) is 5.75 Å². The average Bonchev–Trinajstić information content (AvgIpc) is 2.27. The number of methoxy groups -OCH3 is 1. The van der Waals surface area contributed by atoms with Crippen LogP contribution in [0, 0.1) is 0 Å². The van der Waals surface area contributed by atoms with Gasteiger partial charge in [-0.05, 0) is 24.3 Å². The molecule has 4 nitrogen and oxygen atoms in total. The first-order chi connectivity index (χ1) is 7.61. The van der Waals surface area contributed by atoms with Crippen molar-refractivity contribution in [2.75, 3.05) is 19.0 Å². The van der Waals surface area contributed by atoms with E-state index in [1.165, 1.54) is 0 Å². The van der Waals surface area contributed by atoms with Crippen LogP contribution in [0.3, 0.4) is 0 Å². The van der Waals surface area contributed by atoms with Crippen LogP contribution in [0.4, 0.5) is 14.5 Å². The highest BCUT2D eigenvalue weighted by Crippen LogP contribution is 2.14. The molecule has 1 aromatic rings. The predicted molar refractivity (Wildman–Crippen MR) is 74.5 cm³/mol. The number of nitrogens with one attached hydrogen (secondary N) is 1. The Labute approximate surface area is 115 Å². The molecule has 0 aliphatic rings. The number of alkyl halides is 2. The SMILES string of the molecule is COc1ccc(NC(N)=NCC(F)F)cc1.I. The maximum absolute atomic E-state index is 11.8. The van der Waals surface area contributed by atoms with Gasteiger partial charge in [0.1, 0.15) is 12.3 Å². The molecule has 0 aliphatic carbocycles. The number of hydrogen-bond donors (Lipinski definition) is 2. The maximum atomic E-state index is 11.8. The summed E-state index contributed by atoms with van der Waals surface area (Å²) in [7, 11) is 1.56. The monoisotopic (exact) mass is 357 g/mol. The van der Waals surface area contributed by atoms with Crippen molar-refractivity contribution < 1.29 is 13.5 Å². The molecule has 0 radical (unpaired) electrons. The highest BCUT2D eigenvalue weighted by atomic mass is 127. The molecule has 1 rings (SSSR count). The predicted octanol–water partition coefficient (Wildman–Crippen LogP) is 2.30. The van der Waals surface area contributed by atoms with Crippen molar-refractivity contribution in [3.63, 3.8) is 0 Å². The summed E-state index contributed by atoms with van der Waals surface area (Å²) in [6, 6.07) is 6.87. The van der Waals surface area contributed by atoms with E-state index in [2.05, 4.69) is 10.3 Å². The summed E-state index contributed by atoms with van der Waals surface area (Å²) in [6.45, 7) is -0.602. The number of aliphatic imine (C=N–C) groups is 1. The largest absolute Gasteiger partial charge is 0.497 e. The third kappa shape index (κ3) is 6.25. The van der Waals surface area contributed by atoms with Crippen LogP contribution in [0.2, 0.25) is 0 Å². The number of hydrogen-bond acceptors (Lipinski definition) is 2. The summed E-state index contributed by atoms with van der Waals surface area (Å²) >= 11 is 0. The van der Waals surface area contributed by atoms with E-state index in [4.69, 9.17) is 10.5 Å². The van der Waals surface area contributed by atoms with Gasteiger partial charge < -0.3 is 15.8 Å². The first-order valence-electron chi connectivity index (χ1n) is 4.61. The van der Waals surface area contributed by atoms with Gasteiger partial charge in [0.2, 0.25) is 0 Å². The Bertz CT molecular complexity index is 357. The second-order valence-corrected chi connectivity index (χ2v) is 2.97. The minimum absolute atomic E-state index is 0. The molecule has 0 aliphatic heterocycles. The second kappa shape index (κ2) is 8.04. The van der Waals surface area contributed by atoms with Gasteiger partial charge in [0.25, 0.3) is 6.43 Å². The van der Waals surface area contributed by atoms with E-state index in [0.717, 1.165) is 0 Å². The fourth-order valence-corrected chi connectivity index (χ4v) is 1.03. The standard InChI is InChI=1S/C10H13F2N3O.HI/c1-16-8-4-2-7(3-5-8)15-10(13)14-6-9(11)12;/h2-5,9H,6H2,1H3,(H3,13,14,15);1H. The van der Waals surface area contributed by atoms with E-state index in [0.29, 0.717) is 11.4 Å². The molecular weight excluding hydrogens is 343 g/mol. The summed E-state index contributed by atoms with van der Waals surface area (Å²) in [5.41, 5.74) is 6.06. The maximum Gasteiger partial charge on any atom is 0.257 e. The Balaban J connectivity index is 0.00000256. The van der Waals surface area contributed by atoms with Crippen LogP contribution in [0.1, 0.15) is 0 Å². The number of anilines is 1. The van der Waals surface area contributed by atoms with E-state index >= 15 is 0 Å². The number of ether oxygens (including phenoxy) is 1. The third-order valence-electron chi connectivity index (χ3n) is 1.76. The zero-order valence-electron chi connectivity index (χ0n) is 9.19. The van der Waals surface area contributed by atoms with E-state index in [-0.39, 0.29) is 29.9 Å². The highest BCUT2D eigenvalue weighted by Gasteiger charge is 2.01. The normalized spacial score (nSPS) is 10.9. The lowest BCUT2D eigenvalue weighted by Gasteiger charge is -2.06. The topological polar surface area (TPSA) is 59.6 Å². The van der Waals surface area contributed by atoms with Crippen LogP contribution >= 0.6 is 24.0 Å². The summed E-state index contributed by atoms with van der Waals surface area (Å²) in [5.74, 6) is 0.666. The molecule has 17 heavy (non-hydrogen) atoms. The van der Waals surface area contributed by atoms with Gasteiger partial charge in [0, 0.05) is 5.69 Å². The molecular formula is C10H14F2IN3O. The van der Waals surface area contributed by atoms with Gasteiger partial charge in [-0.15, -0.1) is 24.0 Å². The van der Waals surface area contributed by atoms with Crippen LogP contribution < -0.4 is 15.8 Å². The minimum atomic E-state index is -2.49. The molecule has 0 bridgehead atoms. The van der Waals surface area contributed by atoms with Crippen molar-refractivity contribution in [2.45, 2.75) is 6.43 Å². The van der Waals surface area contributed by atoms with Crippen LogP contribution in [-0.4, -0.2) is 26.0 Å². The lowest BCUT2D eigenvalue weighted by atomic mass is 10.3. The van der Waals surface area contributed by atoms with E-state index in [1.54, 1.807) is 31.4 Å². The summed E-state index contributed by atoms with van der Waals surface area (Å²) < 4.78 is 28.6. The van der Waals surface area contributed by atoms with Gasteiger partial charge in [-0.1, -0.05) is 0 Å². The molecule has 0 heterocycles. The molecule has 3 N–H and O–H groups in total. The summed E-state index contributed by atoms with van der Waals surface area (Å²) in [4.78, 5) is 3.46. The second-order valence-electron chi connectivity index (χ2n) is 2.97. The van der Waals surface area contributed by atoms with Gasteiger partial charge >= 0.3 is 0 Å². The van der Waals surface area contributed by atoms with Gasteiger partial charge in [0.15, 0.2) is 5.96 Å². The molecule has 96 valence electrons. The quantitative estimate of drug-likeness (QED) is 0.494. The first-order valence-corrected chi connectivity index (χ1v) is 4.61. The van der Waals surface area contributed by atoms with Gasteiger partial charge in [-0.3, -0.25) is 0 Å². The van der Waals surface area contributed by atoms with E-state index in [1.807, 2.05) is 0 Å². The number of nitrogens with two attached hydrogens (primary N) is 1. The molecule has 0 atom stereocenters. The molecule has 0 spiro atoms. The van der Waals surface area contributed by atoms with E-state index < -0.39 is 13.0 Å². The third-order valence-corrected chi connectivity index (χ3v) is 1.76. The summed E-state index contributed by atoms with van der Waals surface area (Å²) in [5, 5.41) is 2.69. The van der Waals surface area contributed by atoms with E-state index in [9.17, 15) is 8.78 Å². The number of benzene rings is 1. The fraction of sp³-hybridized carbons (Fsp3) is 0.300. The Morgan fingerprint density at radius 1 is 1.41 bits per heavy atom. The smallest absolute Gasteiger partial charge is 0.257 e. The average molecular weight is 357 g/mol. The minimum Gasteiger partial charge on any atom is -0.497 e. The highest BCUT2D eigenvalue weighted by molar-refractivity contribution is 14.0. The van der Waals surface area contributed by atoms with Crippen molar-refractivity contribution in [2.24, 2.45) is 10.7 Å². The Kier molecular flexibility index (Phi) is 7.51. The van der Waals surface area contributed by atoms with Crippen molar-refractivity contribution in [3.05, 3.63) is 24.3 Å². The van der Waals surface area contributed by atoms with Gasteiger partial charge in [0.05, 0.1) is 7.11 Å². The Morgan fingerprint density at radius 3 is 2.47 bits per heavy atom. The Morgan fingerprint density at radius 2 is 2.00 bits per heavy atom. The molecule has 7 heteroatoms. The number of nitrogens with zero attached hydrogens (tertiary/aromatic N) is 1. The molecule has 1 aromatic carbocycles. The molecule has 0 fully saturated rings. The van der Waals surface area contributed by atoms with Crippen LogP contribution in [0.15, 0.2) is 29.3 Å².